The van der Waals surface area contributed by atoms with Crippen LogP contribution >= 0.6 is 0 Å². The van der Waals surface area contributed by atoms with Crippen molar-refractivity contribution >= 4 is 5.97 Å². The highest BCUT2D eigenvalue weighted by Crippen LogP contribution is 2.34. The van der Waals surface area contributed by atoms with Crippen LogP contribution in [0.25, 0.3) is 0 Å². The lowest BCUT2D eigenvalue weighted by Crippen LogP contribution is -2.38. The number of carboxylic acids is 1. The number of carbonyl (C=O) groups is 1. The molecule has 1 N–H and O–H groups in total. The Bertz CT molecular complexity index is 179. The number of aliphatic carboxylic acids is 1. The van der Waals surface area contributed by atoms with Crippen molar-refractivity contribution in [3.8, 4) is 0 Å². The normalized spacial score (nSPS) is 40.2. The van der Waals surface area contributed by atoms with E-state index in [4.69, 9.17) is 9.84 Å². The van der Waals surface area contributed by atoms with Crippen molar-refractivity contribution in [2.75, 3.05) is 7.11 Å². The molecular formula is C10H18O3. The standard InChI is InChI=1S/C10H18O3/c1-6-4-8(10(11)12)5-7(2)9(6)13-3/h6-9H,4-5H2,1-3H3,(H,11,12). The Morgan fingerprint density at radius 2 is 1.77 bits per heavy atom. The van der Waals surface area contributed by atoms with Crippen molar-refractivity contribution in [3.63, 3.8) is 0 Å². The first-order valence-corrected chi connectivity index (χ1v) is 4.81. The van der Waals surface area contributed by atoms with Gasteiger partial charge in [-0.2, -0.15) is 0 Å². The highest BCUT2D eigenvalue weighted by Gasteiger charge is 2.36. The Balaban J connectivity index is 2.61. The molecule has 1 saturated carbocycles. The van der Waals surface area contributed by atoms with E-state index in [1.54, 1.807) is 7.11 Å². The maximum Gasteiger partial charge on any atom is 0.306 e. The average Bonchev–Trinajstić information content (AvgIpc) is 2.03. The van der Waals surface area contributed by atoms with Gasteiger partial charge in [-0.1, -0.05) is 13.8 Å². The van der Waals surface area contributed by atoms with Crippen LogP contribution in [0.1, 0.15) is 26.7 Å². The molecule has 0 amide bonds. The molecule has 0 bridgehead atoms. The lowest BCUT2D eigenvalue weighted by molar-refractivity contribution is -0.146. The molecule has 2 unspecified atom stereocenters. The molecule has 3 nitrogen and oxygen atoms in total. The highest BCUT2D eigenvalue weighted by atomic mass is 16.5. The van der Waals surface area contributed by atoms with E-state index in [0.29, 0.717) is 11.8 Å². The summed E-state index contributed by atoms with van der Waals surface area (Å²) >= 11 is 0. The van der Waals surface area contributed by atoms with Crippen LogP contribution in [0.5, 0.6) is 0 Å². The highest BCUT2D eigenvalue weighted by molar-refractivity contribution is 5.70. The van der Waals surface area contributed by atoms with Crippen LogP contribution in [0.2, 0.25) is 0 Å². The first-order chi connectivity index (χ1) is 6.06. The van der Waals surface area contributed by atoms with E-state index in [1.807, 2.05) is 0 Å². The summed E-state index contributed by atoms with van der Waals surface area (Å²) in [5.74, 6) is -0.116. The maximum atomic E-state index is 10.8. The van der Waals surface area contributed by atoms with Gasteiger partial charge in [-0.15, -0.1) is 0 Å². The lowest BCUT2D eigenvalue weighted by Gasteiger charge is -2.36. The zero-order valence-corrected chi connectivity index (χ0v) is 8.49. The second kappa shape index (κ2) is 4.09. The minimum Gasteiger partial charge on any atom is -0.481 e. The molecule has 0 aromatic heterocycles. The molecular weight excluding hydrogens is 168 g/mol. The van der Waals surface area contributed by atoms with Gasteiger partial charge < -0.3 is 9.84 Å². The summed E-state index contributed by atoms with van der Waals surface area (Å²) in [4.78, 5) is 10.8. The summed E-state index contributed by atoms with van der Waals surface area (Å²) in [7, 11) is 1.71. The van der Waals surface area contributed by atoms with Crippen LogP contribution in [0, 0.1) is 17.8 Å². The van der Waals surface area contributed by atoms with Gasteiger partial charge in [0.1, 0.15) is 0 Å². The van der Waals surface area contributed by atoms with Crippen LogP contribution in [0.3, 0.4) is 0 Å². The summed E-state index contributed by atoms with van der Waals surface area (Å²) in [5, 5.41) is 8.89. The van der Waals surface area contributed by atoms with Gasteiger partial charge in [0.2, 0.25) is 0 Å². The van der Waals surface area contributed by atoms with E-state index in [0.717, 1.165) is 12.8 Å². The van der Waals surface area contributed by atoms with Crippen molar-refractivity contribution in [1.82, 2.24) is 0 Å². The molecule has 13 heavy (non-hydrogen) atoms. The number of ether oxygens (including phenoxy) is 1. The average molecular weight is 186 g/mol. The topological polar surface area (TPSA) is 46.5 Å². The smallest absolute Gasteiger partial charge is 0.306 e. The minimum absolute atomic E-state index is 0.170. The third-order valence-electron chi connectivity index (χ3n) is 3.06. The van der Waals surface area contributed by atoms with E-state index in [2.05, 4.69) is 13.8 Å². The maximum absolute atomic E-state index is 10.8. The van der Waals surface area contributed by atoms with Gasteiger partial charge in [0.05, 0.1) is 12.0 Å². The van der Waals surface area contributed by atoms with Crippen LogP contribution in [-0.4, -0.2) is 24.3 Å². The fraction of sp³-hybridized carbons (Fsp3) is 0.900. The van der Waals surface area contributed by atoms with E-state index in [-0.39, 0.29) is 12.0 Å². The van der Waals surface area contributed by atoms with Gasteiger partial charge in [0.25, 0.3) is 0 Å². The predicted octanol–water partition coefficient (Wildman–Crippen LogP) is 1.77. The molecule has 0 aliphatic heterocycles. The van der Waals surface area contributed by atoms with Crippen molar-refractivity contribution in [2.24, 2.45) is 17.8 Å². The van der Waals surface area contributed by atoms with Crippen molar-refractivity contribution in [3.05, 3.63) is 0 Å². The molecule has 0 aromatic carbocycles. The summed E-state index contributed by atoms with van der Waals surface area (Å²) in [6.07, 6.45) is 1.73. The summed E-state index contributed by atoms with van der Waals surface area (Å²) in [6.45, 7) is 4.14. The van der Waals surface area contributed by atoms with Crippen molar-refractivity contribution < 1.29 is 14.6 Å². The van der Waals surface area contributed by atoms with Crippen molar-refractivity contribution in [1.29, 1.82) is 0 Å². The van der Waals surface area contributed by atoms with Crippen LogP contribution in [-0.2, 0) is 9.53 Å². The third kappa shape index (κ3) is 2.21. The molecule has 0 radical (unpaired) electrons. The molecule has 1 aliphatic carbocycles. The molecule has 1 rings (SSSR count). The quantitative estimate of drug-likeness (QED) is 0.715. The minimum atomic E-state index is -0.659. The van der Waals surface area contributed by atoms with Crippen LogP contribution in [0.15, 0.2) is 0 Å². The zero-order valence-electron chi connectivity index (χ0n) is 8.49. The molecule has 1 fully saturated rings. The largest absolute Gasteiger partial charge is 0.481 e. The molecule has 3 heteroatoms. The Kier molecular flexibility index (Phi) is 3.31. The number of hydrogen-bond donors (Lipinski definition) is 1. The summed E-state index contributed by atoms with van der Waals surface area (Å²) < 4.78 is 5.35. The zero-order chi connectivity index (χ0) is 10.0. The van der Waals surface area contributed by atoms with Gasteiger partial charge in [-0.05, 0) is 24.7 Å². The first kappa shape index (κ1) is 10.5. The Morgan fingerprint density at radius 3 is 2.08 bits per heavy atom. The molecule has 0 aromatic rings. The molecule has 1 aliphatic rings. The predicted molar refractivity (Wildman–Crippen MR) is 49.5 cm³/mol. The fourth-order valence-corrected chi connectivity index (χ4v) is 2.49. The van der Waals surface area contributed by atoms with Crippen LogP contribution < -0.4 is 0 Å². The van der Waals surface area contributed by atoms with E-state index < -0.39 is 5.97 Å². The SMILES string of the molecule is COC1C(C)CC(C(=O)O)CC1C. The molecule has 0 spiro atoms. The van der Waals surface area contributed by atoms with Gasteiger partial charge in [-0.25, -0.2) is 0 Å². The second-order valence-corrected chi connectivity index (χ2v) is 4.16. The number of methoxy groups -OCH3 is 1. The van der Waals surface area contributed by atoms with Gasteiger partial charge in [-0.3, -0.25) is 4.79 Å². The Labute approximate surface area is 79.1 Å². The molecule has 76 valence electrons. The Hall–Kier alpha value is -0.570. The fourth-order valence-electron chi connectivity index (χ4n) is 2.49. The third-order valence-corrected chi connectivity index (χ3v) is 3.06. The first-order valence-electron chi connectivity index (χ1n) is 4.81. The second-order valence-electron chi connectivity index (χ2n) is 4.16. The van der Waals surface area contributed by atoms with E-state index >= 15 is 0 Å². The van der Waals surface area contributed by atoms with Gasteiger partial charge >= 0.3 is 5.97 Å². The van der Waals surface area contributed by atoms with E-state index in [1.165, 1.54) is 0 Å². The van der Waals surface area contributed by atoms with Crippen LogP contribution in [0.4, 0.5) is 0 Å². The number of hydrogen-bond acceptors (Lipinski definition) is 2. The summed E-state index contributed by atoms with van der Waals surface area (Å²) in [6, 6.07) is 0. The number of rotatable bonds is 2. The lowest BCUT2D eigenvalue weighted by atomic mass is 9.74. The molecule has 2 atom stereocenters. The number of carboxylic acid groups (broad SMARTS) is 1. The van der Waals surface area contributed by atoms with Gasteiger partial charge in [0, 0.05) is 7.11 Å². The molecule has 0 heterocycles. The van der Waals surface area contributed by atoms with Crippen molar-refractivity contribution in [2.45, 2.75) is 32.8 Å². The molecule has 0 saturated heterocycles. The Morgan fingerprint density at radius 1 is 1.31 bits per heavy atom. The van der Waals surface area contributed by atoms with Gasteiger partial charge in [0.15, 0.2) is 0 Å². The van der Waals surface area contributed by atoms with E-state index in [9.17, 15) is 4.79 Å². The monoisotopic (exact) mass is 186 g/mol. The summed E-state index contributed by atoms with van der Waals surface area (Å²) in [5.41, 5.74) is 0.